The summed E-state index contributed by atoms with van der Waals surface area (Å²) in [5, 5.41) is 9.64. The van der Waals surface area contributed by atoms with Crippen molar-refractivity contribution in [2.75, 3.05) is 33.7 Å². The Kier molecular flexibility index (Phi) is 5.10. The highest BCUT2D eigenvalue weighted by Gasteiger charge is 2.30. The molecule has 1 aliphatic rings. The molecule has 3 nitrogen and oxygen atoms in total. The van der Waals surface area contributed by atoms with E-state index in [2.05, 4.69) is 29.8 Å². The lowest BCUT2D eigenvalue weighted by molar-refractivity contribution is 0.172. The first kappa shape index (κ1) is 12.5. The molecule has 0 spiro atoms. The molecule has 1 heterocycles. The summed E-state index contributed by atoms with van der Waals surface area (Å²) in [5.74, 6) is 2.66. The molecule has 1 rings (SSSR count). The molecule has 1 aliphatic heterocycles. The van der Waals surface area contributed by atoms with Gasteiger partial charge in [0.15, 0.2) is 0 Å². The van der Waals surface area contributed by atoms with Gasteiger partial charge in [-0.3, -0.25) is 4.90 Å². The van der Waals surface area contributed by atoms with E-state index in [0.29, 0.717) is 6.04 Å². The summed E-state index contributed by atoms with van der Waals surface area (Å²) in [6.07, 6.45) is 7.84. The fraction of sp³-hybridized carbons (Fsp3) is 0.833. The molecule has 0 amide bonds. The van der Waals surface area contributed by atoms with Crippen molar-refractivity contribution >= 4 is 0 Å². The normalized spacial score (nSPS) is 27.1. The van der Waals surface area contributed by atoms with Crippen LogP contribution in [0, 0.1) is 12.3 Å². The summed E-state index contributed by atoms with van der Waals surface area (Å²) in [4.78, 5) is 4.54. The second-order valence-corrected chi connectivity index (χ2v) is 4.61. The van der Waals surface area contributed by atoms with Gasteiger partial charge in [-0.15, -0.1) is 12.3 Å². The lowest BCUT2D eigenvalue weighted by Gasteiger charge is -2.26. The molecule has 0 saturated carbocycles. The number of likely N-dealkylation sites (tertiary alicyclic amines) is 1. The first-order valence-corrected chi connectivity index (χ1v) is 5.63. The van der Waals surface area contributed by atoms with E-state index < -0.39 is 0 Å². The Hall–Kier alpha value is -0.560. The molecular formula is C12H22N2O. The third kappa shape index (κ3) is 4.21. The number of β-amino-alcohol motifs (C(OH)–C–C–N with tert-alkyl or cyclic N) is 1. The van der Waals surface area contributed by atoms with Crippen LogP contribution in [0.3, 0.4) is 0 Å². The van der Waals surface area contributed by atoms with Gasteiger partial charge in [0, 0.05) is 25.6 Å². The lowest BCUT2D eigenvalue weighted by atomic mass is 10.2. The molecule has 2 unspecified atom stereocenters. The molecular weight excluding hydrogens is 188 g/mol. The Labute approximate surface area is 93.1 Å². The van der Waals surface area contributed by atoms with Crippen molar-refractivity contribution in [1.29, 1.82) is 0 Å². The van der Waals surface area contributed by atoms with Crippen LogP contribution >= 0.6 is 0 Å². The minimum Gasteiger partial charge on any atom is -0.392 e. The number of nitrogens with zero attached hydrogens (tertiary/aromatic N) is 2. The molecule has 0 aromatic rings. The number of rotatable bonds is 5. The van der Waals surface area contributed by atoms with Crippen molar-refractivity contribution in [3.8, 4) is 12.3 Å². The number of likely N-dealkylation sites (N-methyl/N-ethyl adjacent to an activating group) is 1. The van der Waals surface area contributed by atoms with E-state index in [-0.39, 0.29) is 6.10 Å². The van der Waals surface area contributed by atoms with Crippen LogP contribution in [0.5, 0.6) is 0 Å². The average Bonchev–Trinajstić information content (AvgIpc) is 2.46. The molecule has 0 radical (unpaired) electrons. The maximum atomic E-state index is 9.64. The van der Waals surface area contributed by atoms with Crippen LogP contribution in [0.2, 0.25) is 0 Å². The smallest absolute Gasteiger partial charge is 0.0682 e. The summed E-state index contributed by atoms with van der Waals surface area (Å²) in [6, 6.07) is 0.493. The van der Waals surface area contributed by atoms with Gasteiger partial charge >= 0.3 is 0 Å². The zero-order valence-corrected chi connectivity index (χ0v) is 9.82. The fourth-order valence-electron chi connectivity index (χ4n) is 2.23. The predicted molar refractivity (Wildman–Crippen MR) is 62.6 cm³/mol. The van der Waals surface area contributed by atoms with Crippen molar-refractivity contribution in [3.63, 3.8) is 0 Å². The SMILES string of the molecule is C#CCCCN1CC(O)CC1CN(C)C. The van der Waals surface area contributed by atoms with Gasteiger partial charge in [-0.25, -0.2) is 0 Å². The molecule has 2 atom stereocenters. The quantitative estimate of drug-likeness (QED) is 0.525. The Morgan fingerprint density at radius 2 is 2.27 bits per heavy atom. The Balaban J connectivity index is 2.35. The minimum absolute atomic E-state index is 0.152. The van der Waals surface area contributed by atoms with Crippen molar-refractivity contribution < 1.29 is 5.11 Å². The van der Waals surface area contributed by atoms with Crippen LogP contribution in [0.15, 0.2) is 0 Å². The highest BCUT2D eigenvalue weighted by molar-refractivity contribution is 4.88. The van der Waals surface area contributed by atoms with Gasteiger partial charge in [-0.2, -0.15) is 0 Å². The Morgan fingerprint density at radius 1 is 1.53 bits per heavy atom. The third-order valence-corrected chi connectivity index (χ3v) is 2.85. The van der Waals surface area contributed by atoms with Gasteiger partial charge in [0.25, 0.3) is 0 Å². The summed E-state index contributed by atoms with van der Waals surface area (Å²) in [5.41, 5.74) is 0. The average molecular weight is 210 g/mol. The maximum Gasteiger partial charge on any atom is 0.0682 e. The second kappa shape index (κ2) is 6.12. The van der Waals surface area contributed by atoms with E-state index in [0.717, 1.165) is 38.9 Å². The minimum atomic E-state index is -0.152. The van der Waals surface area contributed by atoms with Gasteiger partial charge in [-0.1, -0.05) is 0 Å². The molecule has 0 aliphatic carbocycles. The second-order valence-electron chi connectivity index (χ2n) is 4.61. The van der Waals surface area contributed by atoms with E-state index in [1.807, 2.05) is 0 Å². The van der Waals surface area contributed by atoms with Crippen LogP contribution in [0.4, 0.5) is 0 Å². The number of aliphatic hydroxyl groups is 1. The molecule has 3 heteroatoms. The van der Waals surface area contributed by atoms with Crippen LogP contribution in [0.25, 0.3) is 0 Å². The monoisotopic (exact) mass is 210 g/mol. The van der Waals surface area contributed by atoms with E-state index >= 15 is 0 Å². The number of aliphatic hydroxyl groups excluding tert-OH is 1. The zero-order chi connectivity index (χ0) is 11.3. The van der Waals surface area contributed by atoms with Crippen molar-refractivity contribution in [3.05, 3.63) is 0 Å². The molecule has 1 saturated heterocycles. The van der Waals surface area contributed by atoms with Gasteiger partial charge in [0.2, 0.25) is 0 Å². The standard InChI is InChI=1S/C12H22N2O/c1-4-5-6-7-14-10-12(15)8-11(14)9-13(2)3/h1,11-12,15H,5-10H2,2-3H3. The zero-order valence-electron chi connectivity index (χ0n) is 9.82. The molecule has 1 N–H and O–H groups in total. The van der Waals surface area contributed by atoms with Crippen LogP contribution in [-0.2, 0) is 0 Å². The number of terminal acetylenes is 1. The highest BCUT2D eigenvalue weighted by atomic mass is 16.3. The van der Waals surface area contributed by atoms with Crippen LogP contribution < -0.4 is 0 Å². The first-order valence-electron chi connectivity index (χ1n) is 5.63. The van der Waals surface area contributed by atoms with Gasteiger partial charge < -0.3 is 10.0 Å². The lowest BCUT2D eigenvalue weighted by Crippen LogP contribution is -2.38. The molecule has 86 valence electrons. The van der Waals surface area contributed by atoms with Crippen LogP contribution in [-0.4, -0.2) is 60.8 Å². The third-order valence-electron chi connectivity index (χ3n) is 2.85. The van der Waals surface area contributed by atoms with Crippen molar-refractivity contribution in [1.82, 2.24) is 9.80 Å². The number of hydrogen-bond acceptors (Lipinski definition) is 3. The molecule has 15 heavy (non-hydrogen) atoms. The Bertz CT molecular complexity index is 222. The van der Waals surface area contributed by atoms with E-state index in [1.165, 1.54) is 0 Å². The number of unbranched alkanes of at least 4 members (excludes halogenated alkanes) is 1. The van der Waals surface area contributed by atoms with Gasteiger partial charge in [0.1, 0.15) is 0 Å². The predicted octanol–water partition coefficient (Wildman–Crippen LogP) is 0.397. The summed E-state index contributed by atoms with van der Waals surface area (Å²) < 4.78 is 0. The van der Waals surface area contributed by atoms with Crippen LogP contribution in [0.1, 0.15) is 19.3 Å². The number of hydrogen-bond donors (Lipinski definition) is 1. The van der Waals surface area contributed by atoms with E-state index in [4.69, 9.17) is 6.42 Å². The van der Waals surface area contributed by atoms with Crippen molar-refractivity contribution in [2.24, 2.45) is 0 Å². The fourth-order valence-corrected chi connectivity index (χ4v) is 2.23. The van der Waals surface area contributed by atoms with E-state index in [9.17, 15) is 5.11 Å². The summed E-state index contributed by atoms with van der Waals surface area (Å²) in [7, 11) is 4.15. The Morgan fingerprint density at radius 3 is 2.87 bits per heavy atom. The molecule has 1 fully saturated rings. The topological polar surface area (TPSA) is 26.7 Å². The molecule has 0 bridgehead atoms. The molecule has 0 aromatic carbocycles. The van der Waals surface area contributed by atoms with Crippen molar-refractivity contribution in [2.45, 2.75) is 31.4 Å². The highest BCUT2D eigenvalue weighted by Crippen LogP contribution is 2.18. The summed E-state index contributed by atoms with van der Waals surface area (Å²) >= 11 is 0. The van der Waals surface area contributed by atoms with Gasteiger partial charge in [0.05, 0.1) is 6.10 Å². The maximum absolute atomic E-state index is 9.64. The summed E-state index contributed by atoms with van der Waals surface area (Å²) in [6.45, 7) is 2.84. The van der Waals surface area contributed by atoms with Gasteiger partial charge in [-0.05, 0) is 33.5 Å². The molecule has 0 aromatic heterocycles. The van der Waals surface area contributed by atoms with E-state index in [1.54, 1.807) is 0 Å². The largest absolute Gasteiger partial charge is 0.392 e. The first-order chi connectivity index (χ1) is 7.13.